The van der Waals surface area contributed by atoms with Crippen molar-refractivity contribution in [2.75, 3.05) is 19.6 Å². The summed E-state index contributed by atoms with van der Waals surface area (Å²) in [5.74, 6) is 0. The lowest BCUT2D eigenvalue weighted by Crippen LogP contribution is -2.32. The zero-order chi connectivity index (χ0) is 11.7. The zero-order valence-electron chi connectivity index (χ0n) is 10.4. The minimum absolute atomic E-state index is 0.311. The van der Waals surface area contributed by atoms with Gasteiger partial charge in [-0.15, -0.1) is 5.10 Å². The van der Waals surface area contributed by atoms with E-state index in [2.05, 4.69) is 26.8 Å². The Balaban J connectivity index is 1.63. The smallest absolute Gasteiger partial charge is 0.0944 e. The number of hydrogen-bond donors (Lipinski definition) is 0. The summed E-state index contributed by atoms with van der Waals surface area (Å²) in [4.78, 5) is 2.50. The number of unbranched alkanes of at least 4 members (excludes halogenated alkanes) is 2. The van der Waals surface area contributed by atoms with E-state index < -0.39 is 0 Å². The Morgan fingerprint density at radius 3 is 3.24 bits per heavy atom. The lowest BCUT2D eigenvalue weighted by Gasteiger charge is -2.25. The third-order valence-corrected chi connectivity index (χ3v) is 3.80. The molecule has 0 bridgehead atoms. The number of hydrogen-bond acceptors (Lipinski definition) is 4. The minimum atomic E-state index is 0.311. The second-order valence-corrected chi connectivity index (χ2v) is 5.05. The van der Waals surface area contributed by atoms with Crippen LogP contribution in [0.15, 0.2) is 6.20 Å². The molecule has 3 rings (SSSR count). The first-order valence-electron chi connectivity index (χ1n) is 6.61. The molecule has 94 valence electrons. The highest BCUT2D eigenvalue weighted by atomic mass is 16.5. The first-order valence-corrected chi connectivity index (χ1v) is 6.61. The average molecular weight is 236 g/mol. The minimum Gasteiger partial charge on any atom is -0.368 e. The molecular weight excluding hydrogens is 216 g/mol. The standard InChI is InChI=1S/C12H20N4O/c1-2-3-4-5-15-7-11-12(8-15)17-9-10-6-13-14-16(10)11/h6,11-12H,2-5,7-9H2,1H3/t11-,12?/m1/s1. The summed E-state index contributed by atoms with van der Waals surface area (Å²) in [5.41, 5.74) is 1.11. The monoisotopic (exact) mass is 236 g/mol. The predicted octanol–water partition coefficient (Wildman–Crippen LogP) is 1.22. The molecule has 0 spiro atoms. The third kappa shape index (κ3) is 2.09. The summed E-state index contributed by atoms with van der Waals surface area (Å²) in [6.45, 7) is 6.21. The van der Waals surface area contributed by atoms with E-state index in [-0.39, 0.29) is 0 Å². The fraction of sp³-hybridized carbons (Fsp3) is 0.833. The molecule has 5 heteroatoms. The van der Waals surface area contributed by atoms with Crippen molar-refractivity contribution in [1.82, 2.24) is 19.9 Å². The van der Waals surface area contributed by atoms with Gasteiger partial charge in [-0.2, -0.15) is 0 Å². The molecule has 0 aromatic carbocycles. The van der Waals surface area contributed by atoms with Gasteiger partial charge in [0.2, 0.25) is 0 Å². The van der Waals surface area contributed by atoms with E-state index in [0.717, 1.165) is 18.8 Å². The maximum absolute atomic E-state index is 5.88. The Morgan fingerprint density at radius 2 is 2.35 bits per heavy atom. The SMILES string of the molecule is CCCCCN1CC2OCc3cnnn3[C@@H]2C1. The average Bonchev–Trinajstić information content (AvgIpc) is 2.93. The van der Waals surface area contributed by atoms with E-state index in [1.807, 2.05) is 6.20 Å². The molecule has 1 aromatic heterocycles. The van der Waals surface area contributed by atoms with Crippen molar-refractivity contribution >= 4 is 0 Å². The number of ether oxygens (including phenoxy) is 1. The number of likely N-dealkylation sites (tertiary alicyclic amines) is 1. The number of fused-ring (bicyclic) bond motifs is 3. The molecule has 2 aliphatic rings. The molecule has 5 nitrogen and oxygen atoms in total. The van der Waals surface area contributed by atoms with Crippen molar-refractivity contribution in [2.24, 2.45) is 0 Å². The fourth-order valence-corrected chi connectivity index (χ4v) is 2.84. The van der Waals surface area contributed by atoms with Crippen molar-refractivity contribution in [3.63, 3.8) is 0 Å². The van der Waals surface area contributed by atoms with Crippen molar-refractivity contribution in [2.45, 2.75) is 44.9 Å². The van der Waals surface area contributed by atoms with E-state index in [4.69, 9.17) is 4.74 Å². The van der Waals surface area contributed by atoms with E-state index in [9.17, 15) is 0 Å². The molecule has 0 amide bonds. The van der Waals surface area contributed by atoms with Gasteiger partial charge in [-0.1, -0.05) is 25.0 Å². The normalized spacial score (nSPS) is 28.1. The van der Waals surface area contributed by atoms with Gasteiger partial charge in [0.05, 0.1) is 30.6 Å². The van der Waals surface area contributed by atoms with Gasteiger partial charge in [0.1, 0.15) is 0 Å². The second kappa shape index (κ2) is 4.74. The van der Waals surface area contributed by atoms with E-state index in [0.29, 0.717) is 18.8 Å². The molecule has 0 aliphatic carbocycles. The topological polar surface area (TPSA) is 43.2 Å². The van der Waals surface area contributed by atoms with Crippen LogP contribution >= 0.6 is 0 Å². The van der Waals surface area contributed by atoms with E-state index in [1.165, 1.54) is 25.8 Å². The Morgan fingerprint density at radius 1 is 1.41 bits per heavy atom. The van der Waals surface area contributed by atoms with Crippen LogP contribution in [0, 0.1) is 0 Å². The molecule has 1 unspecified atom stereocenters. The van der Waals surface area contributed by atoms with Gasteiger partial charge in [0.15, 0.2) is 0 Å². The molecule has 1 fully saturated rings. The van der Waals surface area contributed by atoms with Gasteiger partial charge in [0.25, 0.3) is 0 Å². The second-order valence-electron chi connectivity index (χ2n) is 5.05. The van der Waals surface area contributed by atoms with Crippen LogP contribution < -0.4 is 0 Å². The zero-order valence-corrected chi connectivity index (χ0v) is 10.4. The van der Waals surface area contributed by atoms with Crippen LogP contribution in [0.25, 0.3) is 0 Å². The molecule has 2 atom stereocenters. The molecule has 1 saturated heterocycles. The summed E-state index contributed by atoms with van der Waals surface area (Å²) in [6.07, 6.45) is 6.02. The van der Waals surface area contributed by atoms with Gasteiger partial charge in [-0.05, 0) is 13.0 Å². The van der Waals surface area contributed by atoms with Gasteiger partial charge in [0, 0.05) is 13.1 Å². The highest BCUT2D eigenvalue weighted by Gasteiger charge is 2.38. The maximum atomic E-state index is 5.88. The number of nitrogens with zero attached hydrogens (tertiary/aromatic N) is 4. The molecular formula is C12H20N4O. The highest BCUT2D eigenvalue weighted by molar-refractivity contribution is 5.02. The summed E-state index contributed by atoms with van der Waals surface area (Å²) < 4.78 is 7.94. The summed E-state index contributed by atoms with van der Waals surface area (Å²) in [5, 5.41) is 8.17. The van der Waals surface area contributed by atoms with Crippen molar-refractivity contribution in [1.29, 1.82) is 0 Å². The predicted molar refractivity (Wildman–Crippen MR) is 63.6 cm³/mol. The van der Waals surface area contributed by atoms with Crippen LogP contribution in [0.4, 0.5) is 0 Å². The van der Waals surface area contributed by atoms with Gasteiger partial charge < -0.3 is 4.74 Å². The third-order valence-electron chi connectivity index (χ3n) is 3.80. The van der Waals surface area contributed by atoms with Crippen LogP contribution in [0.1, 0.15) is 37.9 Å². The van der Waals surface area contributed by atoms with Crippen LogP contribution in [0.3, 0.4) is 0 Å². The lowest BCUT2D eigenvalue weighted by atomic mass is 10.2. The first kappa shape index (κ1) is 11.2. The summed E-state index contributed by atoms with van der Waals surface area (Å²) in [6, 6.07) is 0.378. The van der Waals surface area contributed by atoms with Crippen molar-refractivity contribution < 1.29 is 4.74 Å². The fourth-order valence-electron chi connectivity index (χ4n) is 2.84. The molecule has 0 radical (unpaired) electrons. The Kier molecular flexibility index (Phi) is 3.11. The van der Waals surface area contributed by atoms with Crippen LogP contribution in [0.2, 0.25) is 0 Å². The summed E-state index contributed by atoms with van der Waals surface area (Å²) >= 11 is 0. The van der Waals surface area contributed by atoms with E-state index in [1.54, 1.807) is 0 Å². The Hall–Kier alpha value is -0.940. The molecule has 3 heterocycles. The van der Waals surface area contributed by atoms with Crippen LogP contribution in [-0.2, 0) is 11.3 Å². The lowest BCUT2D eigenvalue weighted by molar-refractivity contribution is -0.00508. The number of aromatic nitrogens is 3. The Bertz CT molecular complexity index is 378. The molecule has 0 saturated carbocycles. The molecule has 17 heavy (non-hydrogen) atoms. The van der Waals surface area contributed by atoms with E-state index >= 15 is 0 Å². The van der Waals surface area contributed by atoms with Gasteiger partial charge >= 0.3 is 0 Å². The van der Waals surface area contributed by atoms with Gasteiger partial charge in [-0.25, -0.2) is 4.68 Å². The van der Waals surface area contributed by atoms with Crippen LogP contribution in [-0.4, -0.2) is 45.6 Å². The molecule has 1 aromatic rings. The first-order chi connectivity index (χ1) is 8.38. The summed E-state index contributed by atoms with van der Waals surface area (Å²) in [7, 11) is 0. The molecule has 2 aliphatic heterocycles. The largest absolute Gasteiger partial charge is 0.368 e. The van der Waals surface area contributed by atoms with Gasteiger partial charge in [-0.3, -0.25) is 4.90 Å². The van der Waals surface area contributed by atoms with Crippen LogP contribution in [0.5, 0.6) is 0 Å². The van der Waals surface area contributed by atoms with Crippen molar-refractivity contribution in [3.05, 3.63) is 11.9 Å². The molecule has 0 N–H and O–H groups in total. The Labute approximate surface area is 102 Å². The maximum Gasteiger partial charge on any atom is 0.0944 e. The highest BCUT2D eigenvalue weighted by Crippen LogP contribution is 2.29. The van der Waals surface area contributed by atoms with Crippen molar-refractivity contribution in [3.8, 4) is 0 Å². The number of rotatable bonds is 4. The quantitative estimate of drug-likeness (QED) is 0.737.